The molecule has 0 aliphatic rings. The first kappa shape index (κ1) is 70.1. The average molecular weight is 1020 g/mol. The van der Waals surface area contributed by atoms with Crippen LogP contribution in [0, 0.1) is 0 Å². The van der Waals surface area contributed by atoms with Crippen LogP contribution in [-0.2, 0) is 28.6 Å². The maximum Gasteiger partial charge on any atom is 0.306 e. The van der Waals surface area contributed by atoms with Crippen molar-refractivity contribution in [1.29, 1.82) is 0 Å². The lowest BCUT2D eigenvalue weighted by molar-refractivity contribution is -0.167. The summed E-state index contributed by atoms with van der Waals surface area (Å²) in [4.78, 5) is 38.2. The van der Waals surface area contributed by atoms with E-state index in [4.69, 9.17) is 14.2 Å². The van der Waals surface area contributed by atoms with Crippen LogP contribution in [0.25, 0.3) is 0 Å². The summed E-state index contributed by atoms with van der Waals surface area (Å²) >= 11 is 0. The maximum atomic E-state index is 12.9. The Bertz CT molecular complexity index is 1120. The third kappa shape index (κ3) is 59.0. The van der Waals surface area contributed by atoms with Crippen molar-refractivity contribution in [2.45, 2.75) is 380 Å². The molecule has 0 N–H and O–H groups in total. The summed E-state index contributed by atoms with van der Waals surface area (Å²) in [5.74, 6) is -0.848. The van der Waals surface area contributed by atoms with Crippen molar-refractivity contribution in [1.82, 2.24) is 0 Å². The molecule has 0 saturated heterocycles. The number of carbonyl (C=O) groups is 3. The highest BCUT2D eigenvalue weighted by Gasteiger charge is 2.19. The summed E-state index contributed by atoms with van der Waals surface area (Å²) in [6.07, 6.45) is 72.4. The van der Waals surface area contributed by atoms with Crippen LogP contribution >= 0.6 is 0 Å². The molecule has 72 heavy (non-hydrogen) atoms. The number of esters is 3. The Balaban J connectivity index is 4.11. The summed E-state index contributed by atoms with van der Waals surface area (Å²) in [5, 5.41) is 0. The highest BCUT2D eigenvalue weighted by atomic mass is 16.6. The van der Waals surface area contributed by atoms with E-state index in [2.05, 4.69) is 32.9 Å². The van der Waals surface area contributed by atoms with Gasteiger partial charge in [0.1, 0.15) is 13.2 Å². The third-order valence-corrected chi connectivity index (χ3v) is 15.0. The molecule has 0 rings (SSSR count). The van der Waals surface area contributed by atoms with E-state index < -0.39 is 6.10 Å². The van der Waals surface area contributed by atoms with Crippen molar-refractivity contribution >= 4 is 17.9 Å². The van der Waals surface area contributed by atoms with Gasteiger partial charge in [-0.2, -0.15) is 0 Å². The van der Waals surface area contributed by atoms with E-state index in [1.807, 2.05) is 0 Å². The Morgan fingerprint density at radius 2 is 0.458 bits per heavy atom. The number of rotatable bonds is 61. The fraction of sp³-hybridized carbons (Fsp3) is 0.924. The molecule has 6 heteroatoms. The zero-order valence-electron chi connectivity index (χ0n) is 49.0. The molecule has 6 nitrogen and oxygen atoms in total. The molecular weight excluding hydrogens is 889 g/mol. The van der Waals surface area contributed by atoms with Gasteiger partial charge in [-0.15, -0.1) is 0 Å². The van der Waals surface area contributed by atoms with Crippen molar-refractivity contribution in [2.24, 2.45) is 0 Å². The lowest BCUT2D eigenvalue weighted by atomic mass is 10.0. The van der Waals surface area contributed by atoms with Crippen LogP contribution in [0.5, 0.6) is 0 Å². The Labute approximate surface area is 450 Å². The summed E-state index contributed by atoms with van der Waals surface area (Å²) < 4.78 is 16.9. The van der Waals surface area contributed by atoms with E-state index in [1.165, 1.54) is 270 Å². The van der Waals surface area contributed by atoms with Crippen molar-refractivity contribution < 1.29 is 28.6 Å². The lowest BCUT2D eigenvalue weighted by Gasteiger charge is -2.18. The van der Waals surface area contributed by atoms with Crippen molar-refractivity contribution in [3.05, 3.63) is 12.2 Å². The molecule has 0 radical (unpaired) electrons. The average Bonchev–Trinajstić information content (AvgIpc) is 3.38. The van der Waals surface area contributed by atoms with Gasteiger partial charge >= 0.3 is 17.9 Å². The van der Waals surface area contributed by atoms with E-state index in [0.717, 1.165) is 64.2 Å². The van der Waals surface area contributed by atoms with Crippen LogP contribution in [-0.4, -0.2) is 37.2 Å². The van der Waals surface area contributed by atoms with Crippen LogP contribution in [0.2, 0.25) is 0 Å². The van der Waals surface area contributed by atoms with Gasteiger partial charge in [-0.05, 0) is 44.9 Å². The van der Waals surface area contributed by atoms with Crippen LogP contribution < -0.4 is 0 Å². The Morgan fingerprint density at radius 1 is 0.264 bits per heavy atom. The molecule has 0 bridgehead atoms. The Morgan fingerprint density at radius 3 is 0.722 bits per heavy atom. The first-order valence-corrected chi connectivity index (χ1v) is 32.7. The van der Waals surface area contributed by atoms with Gasteiger partial charge in [-0.25, -0.2) is 0 Å². The second-order valence-corrected chi connectivity index (χ2v) is 22.4. The molecule has 0 fully saturated rings. The number of unbranched alkanes of at least 4 members (excludes halogenated alkanes) is 48. The van der Waals surface area contributed by atoms with Crippen molar-refractivity contribution in [3.8, 4) is 0 Å². The molecule has 1 atom stereocenters. The first-order valence-electron chi connectivity index (χ1n) is 32.7. The molecule has 0 aliphatic carbocycles. The molecular formula is C66H126O6. The minimum atomic E-state index is -0.768. The van der Waals surface area contributed by atoms with Gasteiger partial charge in [-0.1, -0.05) is 322 Å². The normalized spacial score (nSPS) is 12.0. The largest absolute Gasteiger partial charge is 0.462 e. The molecule has 0 spiro atoms. The number of ether oxygens (including phenoxy) is 3. The topological polar surface area (TPSA) is 78.9 Å². The third-order valence-electron chi connectivity index (χ3n) is 15.0. The zero-order valence-corrected chi connectivity index (χ0v) is 49.0. The Kier molecular flexibility index (Phi) is 60.1. The SMILES string of the molecule is CCCCC/C=C\CCCCCCCC(=O)OCC(COC(=O)CCCCCCCCCCCCCCCCCCCCCCCCCCCCCC)OC(=O)CCCCCCCCCCCCCCCC. The van der Waals surface area contributed by atoms with Gasteiger partial charge in [-0.3, -0.25) is 14.4 Å². The molecule has 0 aliphatic heterocycles. The van der Waals surface area contributed by atoms with Gasteiger partial charge < -0.3 is 14.2 Å². The monoisotopic (exact) mass is 1010 g/mol. The number of hydrogen-bond donors (Lipinski definition) is 0. The number of hydrogen-bond acceptors (Lipinski definition) is 6. The Hall–Kier alpha value is -1.85. The van der Waals surface area contributed by atoms with Crippen LogP contribution in [0.1, 0.15) is 374 Å². The number of allylic oxidation sites excluding steroid dienone is 2. The minimum absolute atomic E-state index is 0.0663. The van der Waals surface area contributed by atoms with Gasteiger partial charge in [0.25, 0.3) is 0 Å². The van der Waals surface area contributed by atoms with E-state index in [-0.39, 0.29) is 31.1 Å². The fourth-order valence-corrected chi connectivity index (χ4v) is 10.1. The smallest absolute Gasteiger partial charge is 0.306 e. The summed E-state index contributed by atoms with van der Waals surface area (Å²) in [6, 6.07) is 0. The van der Waals surface area contributed by atoms with Crippen LogP contribution in [0.4, 0.5) is 0 Å². The molecule has 426 valence electrons. The minimum Gasteiger partial charge on any atom is -0.462 e. The predicted octanol–water partition coefficient (Wildman–Crippen LogP) is 22.1. The van der Waals surface area contributed by atoms with Gasteiger partial charge in [0.05, 0.1) is 0 Å². The van der Waals surface area contributed by atoms with Crippen molar-refractivity contribution in [2.75, 3.05) is 13.2 Å². The molecule has 0 aromatic heterocycles. The second-order valence-electron chi connectivity index (χ2n) is 22.4. The van der Waals surface area contributed by atoms with Gasteiger partial charge in [0, 0.05) is 19.3 Å². The maximum absolute atomic E-state index is 12.9. The summed E-state index contributed by atoms with van der Waals surface area (Å²) in [5.41, 5.74) is 0. The summed E-state index contributed by atoms with van der Waals surface area (Å²) in [6.45, 7) is 6.68. The molecule has 0 aromatic rings. The fourth-order valence-electron chi connectivity index (χ4n) is 10.1. The highest BCUT2D eigenvalue weighted by molar-refractivity contribution is 5.71. The van der Waals surface area contributed by atoms with Gasteiger partial charge in [0.15, 0.2) is 6.10 Å². The van der Waals surface area contributed by atoms with Crippen molar-refractivity contribution in [3.63, 3.8) is 0 Å². The summed E-state index contributed by atoms with van der Waals surface area (Å²) in [7, 11) is 0. The van der Waals surface area contributed by atoms with E-state index in [9.17, 15) is 14.4 Å². The molecule has 0 saturated carbocycles. The quantitative estimate of drug-likeness (QED) is 0.0261. The molecule has 0 amide bonds. The first-order chi connectivity index (χ1) is 35.5. The van der Waals surface area contributed by atoms with E-state index in [1.54, 1.807) is 0 Å². The van der Waals surface area contributed by atoms with Crippen LogP contribution in [0.15, 0.2) is 12.2 Å². The molecule has 1 unspecified atom stereocenters. The van der Waals surface area contributed by atoms with E-state index >= 15 is 0 Å². The van der Waals surface area contributed by atoms with Gasteiger partial charge in [0.2, 0.25) is 0 Å². The molecule has 0 heterocycles. The van der Waals surface area contributed by atoms with Crippen LogP contribution in [0.3, 0.4) is 0 Å². The predicted molar refractivity (Wildman–Crippen MR) is 312 cm³/mol. The van der Waals surface area contributed by atoms with E-state index in [0.29, 0.717) is 19.3 Å². The highest BCUT2D eigenvalue weighted by Crippen LogP contribution is 2.18. The number of carbonyl (C=O) groups excluding carboxylic acids is 3. The second kappa shape index (κ2) is 61.7. The molecule has 0 aromatic carbocycles. The lowest BCUT2D eigenvalue weighted by Crippen LogP contribution is -2.30. The zero-order chi connectivity index (χ0) is 52.2. The standard InChI is InChI=1S/C66H126O6/c1-4-7-10-13-16-19-22-25-27-28-29-30-31-32-33-34-35-36-37-38-39-40-42-44-47-50-53-56-59-65(68)71-62-63(61-70-64(67)58-55-52-49-46-43-24-21-18-15-12-9-6-3)72-66(69)60-57-54-51-48-45-41-26-23-20-17-14-11-8-5-2/h18,21,63H,4-17,19-20,22-62H2,1-3H3/b21-18-.